The zero-order valence-electron chi connectivity index (χ0n) is 14.8. The van der Waals surface area contributed by atoms with E-state index in [1.165, 1.54) is 18.3 Å². The first-order valence-electron chi connectivity index (χ1n) is 8.45. The van der Waals surface area contributed by atoms with Gasteiger partial charge in [0.05, 0.1) is 11.4 Å². The minimum absolute atomic E-state index is 0.172. The molecule has 0 aromatic heterocycles. The van der Waals surface area contributed by atoms with Crippen LogP contribution in [0.2, 0.25) is 0 Å². The average molecular weight is 367 g/mol. The Balaban J connectivity index is 1.83. The van der Waals surface area contributed by atoms with Crippen molar-refractivity contribution in [3.63, 3.8) is 0 Å². The highest BCUT2D eigenvalue weighted by Gasteiger charge is 2.40. The second kappa shape index (κ2) is 7.49. The summed E-state index contributed by atoms with van der Waals surface area (Å²) in [5.41, 5.74) is 1.91. The number of barbiturate groups is 1. The van der Waals surface area contributed by atoms with Gasteiger partial charge in [-0.05, 0) is 47.9 Å². The van der Waals surface area contributed by atoms with Gasteiger partial charge in [0.25, 0.3) is 5.91 Å². The van der Waals surface area contributed by atoms with Gasteiger partial charge in [-0.1, -0.05) is 26.0 Å². The predicted molar refractivity (Wildman–Crippen MR) is 99.6 cm³/mol. The van der Waals surface area contributed by atoms with Crippen LogP contribution in [0.4, 0.5) is 20.6 Å². The van der Waals surface area contributed by atoms with Crippen LogP contribution in [0.15, 0.2) is 53.5 Å². The Kier molecular flexibility index (Phi) is 5.12. The lowest BCUT2D eigenvalue weighted by molar-refractivity contribution is -0.131. The molecule has 0 aliphatic carbocycles. The van der Waals surface area contributed by atoms with Gasteiger partial charge in [-0.15, -0.1) is 0 Å². The molecule has 1 heterocycles. The van der Waals surface area contributed by atoms with E-state index in [0.29, 0.717) is 11.6 Å². The van der Waals surface area contributed by atoms with Crippen molar-refractivity contribution in [1.82, 2.24) is 5.32 Å². The van der Waals surface area contributed by atoms with E-state index in [1.54, 1.807) is 12.1 Å². The third-order valence-electron chi connectivity index (χ3n) is 4.22. The largest absolute Gasteiger partial charge is 0.335 e. The summed E-state index contributed by atoms with van der Waals surface area (Å²) >= 11 is 0. The summed E-state index contributed by atoms with van der Waals surface area (Å²) in [7, 11) is 0. The molecule has 0 unspecified atom stereocenters. The maximum absolute atomic E-state index is 13.1. The molecule has 6 nitrogen and oxygen atoms in total. The fraction of sp³-hybridized carbons (Fsp3) is 0.200. The molecule has 1 aliphatic rings. The molecule has 1 saturated heterocycles. The van der Waals surface area contributed by atoms with E-state index in [9.17, 15) is 18.8 Å². The molecule has 3 rings (SSSR count). The summed E-state index contributed by atoms with van der Waals surface area (Å²) in [6.07, 6.45) is 1.21. The Bertz CT molecular complexity index is 905. The monoisotopic (exact) mass is 367 g/mol. The Labute approximate surface area is 155 Å². The molecule has 0 spiro atoms. The molecule has 138 valence electrons. The number of carbonyl (C=O) groups is 3. The number of imide groups is 2. The van der Waals surface area contributed by atoms with Crippen LogP contribution < -0.4 is 10.2 Å². The molecule has 1 aliphatic heterocycles. The number of nitrogens with one attached hydrogen (secondary N) is 1. The number of carbonyl (C=O) groups excluding carboxylic acids is 3. The quantitative estimate of drug-likeness (QED) is 0.663. The first kappa shape index (κ1) is 18.4. The molecule has 4 amide bonds. The van der Waals surface area contributed by atoms with Gasteiger partial charge in [0.1, 0.15) is 5.82 Å². The lowest BCUT2D eigenvalue weighted by atomic mass is 10.0. The van der Waals surface area contributed by atoms with Crippen LogP contribution in [0, 0.1) is 11.7 Å². The molecule has 0 radical (unpaired) electrons. The second-order valence-corrected chi connectivity index (χ2v) is 6.45. The van der Waals surface area contributed by atoms with Crippen LogP contribution in [-0.4, -0.2) is 24.1 Å². The van der Waals surface area contributed by atoms with E-state index in [-0.39, 0.29) is 5.69 Å². The summed E-state index contributed by atoms with van der Waals surface area (Å²) in [4.78, 5) is 41.8. The number of aliphatic imine (C=N–C) groups is 1. The average Bonchev–Trinajstić information content (AvgIpc) is 2.63. The van der Waals surface area contributed by atoms with E-state index < -0.39 is 29.6 Å². The van der Waals surface area contributed by atoms with Gasteiger partial charge in [-0.25, -0.2) is 14.1 Å². The summed E-state index contributed by atoms with van der Waals surface area (Å²) in [5, 5.41) is 2.13. The number of amides is 4. The lowest BCUT2D eigenvalue weighted by Crippen LogP contribution is -2.58. The van der Waals surface area contributed by atoms with Crippen LogP contribution in [0.1, 0.15) is 25.3 Å². The standard InChI is InChI=1S/C20H18FN3O3/c1-12(2)13-3-7-15(8-4-13)22-11-17-18(25)23-20(27)24(19(17)26)16-9-5-14(21)6-10-16/h3-12,17H,1-2H3,(H,23,25,27)/t17-/m0/s1. The molecule has 27 heavy (non-hydrogen) atoms. The molecule has 7 heteroatoms. The van der Waals surface area contributed by atoms with E-state index in [0.717, 1.165) is 22.6 Å². The van der Waals surface area contributed by atoms with Crippen molar-refractivity contribution in [3.8, 4) is 0 Å². The molecule has 1 N–H and O–H groups in total. The summed E-state index contributed by atoms with van der Waals surface area (Å²) in [6, 6.07) is 11.4. The Morgan fingerprint density at radius 1 is 1.04 bits per heavy atom. The highest BCUT2D eigenvalue weighted by Crippen LogP contribution is 2.22. The Morgan fingerprint density at radius 3 is 2.26 bits per heavy atom. The number of hydrogen-bond acceptors (Lipinski definition) is 4. The lowest BCUT2D eigenvalue weighted by Gasteiger charge is -2.28. The zero-order chi connectivity index (χ0) is 19.6. The zero-order valence-corrected chi connectivity index (χ0v) is 14.8. The maximum atomic E-state index is 13.1. The second-order valence-electron chi connectivity index (χ2n) is 6.45. The topological polar surface area (TPSA) is 78.8 Å². The van der Waals surface area contributed by atoms with Gasteiger partial charge < -0.3 is 0 Å². The fourth-order valence-corrected chi connectivity index (χ4v) is 2.66. The molecule has 1 atom stereocenters. The van der Waals surface area contributed by atoms with Crippen LogP contribution in [0.5, 0.6) is 0 Å². The van der Waals surface area contributed by atoms with Crippen molar-refractivity contribution >= 4 is 35.4 Å². The van der Waals surface area contributed by atoms with Crippen LogP contribution in [0.3, 0.4) is 0 Å². The SMILES string of the molecule is CC(C)c1ccc(N=C[C@H]2C(=O)NC(=O)N(c3ccc(F)cc3)C2=O)cc1. The third kappa shape index (κ3) is 3.92. The first-order chi connectivity index (χ1) is 12.9. The number of nitrogens with zero attached hydrogens (tertiary/aromatic N) is 2. The number of rotatable bonds is 4. The van der Waals surface area contributed by atoms with E-state index >= 15 is 0 Å². The normalized spacial score (nSPS) is 17.7. The predicted octanol–water partition coefficient (Wildman–Crippen LogP) is 3.55. The van der Waals surface area contributed by atoms with Crippen molar-refractivity contribution in [2.24, 2.45) is 10.9 Å². The molecule has 1 fully saturated rings. The number of halogens is 1. The molecule has 0 bridgehead atoms. The Hall–Kier alpha value is -3.35. The van der Waals surface area contributed by atoms with Gasteiger partial charge >= 0.3 is 6.03 Å². The van der Waals surface area contributed by atoms with Crippen LogP contribution >= 0.6 is 0 Å². The van der Waals surface area contributed by atoms with Crippen molar-refractivity contribution in [1.29, 1.82) is 0 Å². The van der Waals surface area contributed by atoms with Crippen molar-refractivity contribution in [2.45, 2.75) is 19.8 Å². The number of benzene rings is 2. The van der Waals surface area contributed by atoms with Crippen molar-refractivity contribution in [2.75, 3.05) is 4.90 Å². The minimum Gasteiger partial charge on any atom is -0.276 e. The van der Waals surface area contributed by atoms with Crippen molar-refractivity contribution < 1.29 is 18.8 Å². The minimum atomic E-state index is -1.25. The summed E-state index contributed by atoms with van der Waals surface area (Å²) < 4.78 is 13.1. The maximum Gasteiger partial charge on any atom is 0.335 e. The van der Waals surface area contributed by atoms with E-state index in [1.807, 2.05) is 12.1 Å². The number of anilines is 1. The molecular weight excluding hydrogens is 349 g/mol. The van der Waals surface area contributed by atoms with Crippen LogP contribution in [0.25, 0.3) is 0 Å². The summed E-state index contributed by atoms with van der Waals surface area (Å²) in [6.45, 7) is 4.15. The van der Waals surface area contributed by atoms with Crippen LogP contribution in [-0.2, 0) is 9.59 Å². The fourth-order valence-electron chi connectivity index (χ4n) is 2.66. The highest BCUT2D eigenvalue weighted by molar-refractivity contribution is 6.32. The van der Waals surface area contributed by atoms with Gasteiger partial charge in [-0.2, -0.15) is 0 Å². The summed E-state index contributed by atoms with van der Waals surface area (Å²) in [5.74, 6) is -2.85. The molecule has 2 aromatic rings. The molecular formula is C20H18FN3O3. The Morgan fingerprint density at radius 2 is 1.67 bits per heavy atom. The van der Waals surface area contributed by atoms with Gasteiger partial charge in [0.15, 0.2) is 5.92 Å². The van der Waals surface area contributed by atoms with E-state index in [2.05, 4.69) is 24.2 Å². The highest BCUT2D eigenvalue weighted by atomic mass is 19.1. The molecule has 0 saturated carbocycles. The van der Waals surface area contributed by atoms with Gasteiger partial charge in [0.2, 0.25) is 5.91 Å². The van der Waals surface area contributed by atoms with Crippen molar-refractivity contribution in [3.05, 3.63) is 59.9 Å². The van der Waals surface area contributed by atoms with E-state index in [4.69, 9.17) is 0 Å². The van der Waals surface area contributed by atoms with Gasteiger partial charge in [0, 0.05) is 6.21 Å². The first-order valence-corrected chi connectivity index (χ1v) is 8.45. The third-order valence-corrected chi connectivity index (χ3v) is 4.22. The smallest absolute Gasteiger partial charge is 0.276 e. The molecule has 2 aromatic carbocycles. The number of urea groups is 1. The number of hydrogen-bond donors (Lipinski definition) is 1. The van der Waals surface area contributed by atoms with Gasteiger partial charge in [-0.3, -0.25) is 19.9 Å².